The highest BCUT2D eigenvalue weighted by atomic mass is 16.2. The fourth-order valence-corrected chi connectivity index (χ4v) is 3.12. The maximum absolute atomic E-state index is 12.8. The minimum atomic E-state index is -0.142. The second kappa shape index (κ2) is 9.74. The number of hydrogen-bond donors (Lipinski definition) is 2. The van der Waals surface area contributed by atoms with Crippen LogP contribution in [-0.4, -0.2) is 30.3 Å². The molecular formula is C25H27N3O2. The lowest BCUT2D eigenvalue weighted by molar-refractivity contribution is -0.114. The maximum Gasteiger partial charge on any atom is 0.253 e. The van der Waals surface area contributed by atoms with Gasteiger partial charge in [0.25, 0.3) is 5.91 Å². The second-order valence-corrected chi connectivity index (χ2v) is 7.43. The topological polar surface area (TPSA) is 61.4 Å². The van der Waals surface area contributed by atoms with Crippen molar-refractivity contribution >= 4 is 23.2 Å². The van der Waals surface area contributed by atoms with E-state index in [4.69, 9.17) is 0 Å². The molecule has 154 valence electrons. The van der Waals surface area contributed by atoms with Gasteiger partial charge in [-0.2, -0.15) is 0 Å². The van der Waals surface area contributed by atoms with Crippen molar-refractivity contribution in [3.8, 4) is 0 Å². The first-order valence-electron chi connectivity index (χ1n) is 9.93. The Morgan fingerprint density at radius 3 is 2.33 bits per heavy atom. The molecule has 5 heteroatoms. The highest BCUT2D eigenvalue weighted by Crippen LogP contribution is 2.15. The smallest absolute Gasteiger partial charge is 0.253 e. The molecule has 0 aliphatic rings. The van der Waals surface area contributed by atoms with Crippen molar-refractivity contribution < 1.29 is 9.59 Å². The average molecular weight is 402 g/mol. The first-order valence-corrected chi connectivity index (χ1v) is 9.93. The van der Waals surface area contributed by atoms with E-state index >= 15 is 0 Å². The number of carbonyl (C=O) groups excluding carboxylic acids is 2. The summed E-state index contributed by atoms with van der Waals surface area (Å²) in [6.07, 6.45) is 0. The third kappa shape index (κ3) is 5.70. The summed E-state index contributed by atoms with van der Waals surface area (Å²) in [5.41, 5.74) is 5.47. The van der Waals surface area contributed by atoms with Crippen molar-refractivity contribution in [2.75, 3.05) is 24.2 Å². The summed E-state index contributed by atoms with van der Waals surface area (Å²) >= 11 is 0. The van der Waals surface area contributed by atoms with Gasteiger partial charge in [-0.1, -0.05) is 42.5 Å². The molecule has 0 fully saturated rings. The Bertz CT molecular complexity index is 1030. The molecule has 0 atom stereocenters. The third-order valence-corrected chi connectivity index (χ3v) is 4.96. The molecule has 30 heavy (non-hydrogen) atoms. The molecule has 3 aromatic rings. The van der Waals surface area contributed by atoms with Crippen LogP contribution in [0.4, 0.5) is 11.4 Å². The largest absolute Gasteiger partial charge is 0.376 e. The molecule has 0 bridgehead atoms. The van der Waals surface area contributed by atoms with E-state index in [0.29, 0.717) is 12.1 Å². The van der Waals surface area contributed by atoms with E-state index in [1.165, 1.54) is 5.56 Å². The van der Waals surface area contributed by atoms with Crippen LogP contribution in [0.2, 0.25) is 0 Å². The zero-order valence-electron chi connectivity index (χ0n) is 17.6. The molecule has 0 aliphatic heterocycles. The number of rotatable bonds is 7. The van der Waals surface area contributed by atoms with Gasteiger partial charge in [-0.25, -0.2) is 0 Å². The fraction of sp³-hybridized carbons (Fsp3) is 0.200. The maximum atomic E-state index is 12.8. The van der Waals surface area contributed by atoms with E-state index in [-0.39, 0.29) is 18.4 Å². The number of amides is 2. The summed E-state index contributed by atoms with van der Waals surface area (Å²) in [4.78, 5) is 26.7. The van der Waals surface area contributed by atoms with Crippen molar-refractivity contribution in [2.45, 2.75) is 20.4 Å². The van der Waals surface area contributed by atoms with Gasteiger partial charge in [0.15, 0.2) is 0 Å². The van der Waals surface area contributed by atoms with Crippen LogP contribution in [0.5, 0.6) is 0 Å². The molecule has 0 aromatic heterocycles. The Labute approximate surface area is 177 Å². The van der Waals surface area contributed by atoms with Crippen molar-refractivity contribution in [1.29, 1.82) is 0 Å². The summed E-state index contributed by atoms with van der Waals surface area (Å²) < 4.78 is 0. The van der Waals surface area contributed by atoms with Crippen LogP contribution in [0.25, 0.3) is 0 Å². The standard InChI is InChI=1S/C25H27N3O2/c1-18-12-13-23(14-19(18)2)27-24(29)16-26-22-11-7-10-21(15-22)25(30)28(3)17-20-8-5-4-6-9-20/h4-15,26H,16-17H2,1-3H3,(H,27,29). The SMILES string of the molecule is Cc1ccc(NC(=O)CNc2cccc(C(=O)N(C)Cc3ccccc3)c2)cc1C. The van der Waals surface area contributed by atoms with Crippen LogP contribution in [0.3, 0.4) is 0 Å². The van der Waals surface area contributed by atoms with E-state index in [1.807, 2.05) is 74.5 Å². The molecule has 3 aromatic carbocycles. The van der Waals surface area contributed by atoms with Gasteiger partial charge in [0.1, 0.15) is 0 Å². The van der Waals surface area contributed by atoms with Crippen molar-refractivity contribution in [3.05, 3.63) is 95.1 Å². The molecule has 2 amide bonds. The average Bonchev–Trinajstić information content (AvgIpc) is 2.75. The number of carbonyl (C=O) groups is 2. The molecule has 0 spiro atoms. The van der Waals surface area contributed by atoms with Gasteiger partial charge in [-0.3, -0.25) is 9.59 Å². The number of nitrogens with one attached hydrogen (secondary N) is 2. The van der Waals surface area contributed by atoms with Crippen molar-refractivity contribution in [1.82, 2.24) is 4.90 Å². The Morgan fingerprint density at radius 2 is 1.60 bits per heavy atom. The van der Waals surface area contributed by atoms with Crippen LogP contribution >= 0.6 is 0 Å². The van der Waals surface area contributed by atoms with E-state index in [1.54, 1.807) is 24.1 Å². The highest BCUT2D eigenvalue weighted by molar-refractivity contribution is 5.96. The molecule has 0 unspecified atom stereocenters. The van der Waals surface area contributed by atoms with Crippen LogP contribution in [0.1, 0.15) is 27.0 Å². The molecule has 0 saturated heterocycles. The van der Waals surface area contributed by atoms with E-state index in [2.05, 4.69) is 10.6 Å². The van der Waals surface area contributed by atoms with E-state index in [9.17, 15) is 9.59 Å². The quantitative estimate of drug-likeness (QED) is 0.607. The second-order valence-electron chi connectivity index (χ2n) is 7.43. The molecule has 0 aliphatic carbocycles. The lowest BCUT2D eigenvalue weighted by atomic mass is 10.1. The summed E-state index contributed by atoms with van der Waals surface area (Å²) in [5.74, 6) is -0.210. The Morgan fingerprint density at radius 1 is 0.833 bits per heavy atom. The minimum Gasteiger partial charge on any atom is -0.376 e. The Balaban J connectivity index is 1.57. The summed E-state index contributed by atoms with van der Waals surface area (Å²) in [5, 5.41) is 5.98. The van der Waals surface area contributed by atoms with Gasteiger partial charge in [0, 0.05) is 30.5 Å². The summed E-state index contributed by atoms with van der Waals surface area (Å²) in [6, 6.07) is 22.9. The summed E-state index contributed by atoms with van der Waals surface area (Å²) in [7, 11) is 1.78. The molecule has 5 nitrogen and oxygen atoms in total. The molecule has 0 radical (unpaired) electrons. The van der Waals surface area contributed by atoms with Gasteiger partial charge in [-0.05, 0) is 60.9 Å². The number of nitrogens with zero attached hydrogens (tertiary/aromatic N) is 1. The van der Waals surface area contributed by atoms with E-state index in [0.717, 1.165) is 22.5 Å². The van der Waals surface area contributed by atoms with Crippen LogP contribution in [0.15, 0.2) is 72.8 Å². The molecule has 0 heterocycles. The van der Waals surface area contributed by atoms with Gasteiger partial charge >= 0.3 is 0 Å². The normalized spacial score (nSPS) is 10.4. The third-order valence-electron chi connectivity index (χ3n) is 4.96. The fourth-order valence-electron chi connectivity index (χ4n) is 3.12. The van der Waals surface area contributed by atoms with Gasteiger partial charge in [0.05, 0.1) is 6.54 Å². The van der Waals surface area contributed by atoms with Crippen molar-refractivity contribution in [3.63, 3.8) is 0 Å². The van der Waals surface area contributed by atoms with Crippen LogP contribution < -0.4 is 10.6 Å². The number of benzene rings is 3. The zero-order valence-corrected chi connectivity index (χ0v) is 17.6. The molecule has 3 rings (SSSR count). The van der Waals surface area contributed by atoms with Crippen LogP contribution in [-0.2, 0) is 11.3 Å². The highest BCUT2D eigenvalue weighted by Gasteiger charge is 2.13. The molecule has 0 saturated carbocycles. The monoisotopic (exact) mass is 401 g/mol. The number of hydrogen-bond acceptors (Lipinski definition) is 3. The van der Waals surface area contributed by atoms with Gasteiger partial charge in [0.2, 0.25) is 5.91 Å². The van der Waals surface area contributed by atoms with E-state index < -0.39 is 0 Å². The Kier molecular flexibility index (Phi) is 6.86. The minimum absolute atomic E-state index is 0.0675. The zero-order chi connectivity index (χ0) is 21.5. The van der Waals surface area contributed by atoms with Crippen molar-refractivity contribution in [2.24, 2.45) is 0 Å². The first-order chi connectivity index (χ1) is 14.4. The van der Waals surface area contributed by atoms with Gasteiger partial charge in [-0.15, -0.1) is 0 Å². The first kappa shape index (κ1) is 21.1. The predicted octanol–water partition coefficient (Wildman–Crippen LogP) is 4.63. The lowest BCUT2D eigenvalue weighted by Gasteiger charge is -2.18. The van der Waals surface area contributed by atoms with Crippen LogP contribution in [0, 0.1) is 13.8 Å². The van der Waals surface area contributed by atoms with Gasteiger partial charge < -0.3 is 15.5 Å². The predicted molar refractivity (Wildman–Crippen MR) is 122 cm³/mol. The molecular weight excluding hydrogens is 374 g/mol. The summed E-state index contributed by atoms with van der Waals surface area (Å²) in [6.45, 7) is 4.70. The molecule has 2 N–H and O–H groups in total. The Hall–Kier alpha value is -3.60. The number of aryl methyl sites for hydroxylation is 2. The lowest BCUT2D eigenvalue weighted by Crippen LogP contribution is -2.26. The number of anilines is 2.